The number of nitrogens with zero attached hydrogens (tertiary/aromatic N) is 4. The highest BCUT2D eigenvalue weighted by molar-refractivity contribution is 6.11. The standard InChI is InChI=1S/C22H18N4O3/c1-13-21(27)25(2)17-12-24-19(10-18(17)29-13)26-20(14-6-5-9-23-11-14)15-7-3-4-8-16(15)22(26)28/h3-13,20H,1-2H3/t13-,20?/m1/s1. The average molecular weight is 386 g/mol. The fraction of sp³-hybridized carbons (Fsp3) is 0.182. The summed E-state index contributed by atoms with van der Waals surface area (Å²) in [4.78, 5) is 37.4. The van der Waals surface area contributed by atoms with Crippen molar-refractivity contribution in [1.82, 2.24) is 9.97 Å². The van der Waals surface area contributed by atoms with E-state index in [9.17, 15) is 9.59 Å². The highest BCUT2D eigenvalue weighted by Gasteiger charge is 2.40. The molecule has 2 atom stereocenters. The molecule has 0 radical (unpaired) electrons. The molecule has 7 nitrogen and oxygen atoms in total. The third kappa shape index (κ3) is 2.58. The molecule has 0 spiro atoms. The van der Waals surface area contributed by atoms with E-state index in [1.54, 1.807) is 43.5 Å². The number of ether oxygens (including phenoxy) is 1. The van der Waals surface area contributed by atoms with Crippen LogP contribution >= 0.6 is 0 Å². The fourth-order valence-electron chi connectivity index (χ4n) is 3.95. The quantitative estimate of drug-likeness (QED) is 0.677. The highest BCUT2D eigenvalue weighted by atomic mass is 16.5. The summed E-state index contributed by atoms with van der Waals surface area (Å²) >= 11 is 0. The molecule has 2 aliphatic heterocycles. The molecule has 1 unspecified atom stereocenters. The molecular weight excluding hydrogens is 368 g/mol. The van der Waals surface area contributed by atoms with Crippen LogP contribution in [0, 0.1) is 0 Å². The number of pyridine rings is 2. The zero-order valence-electron chi connectivity index (χ0n) is 15.9. The summed E-state index contributed by atoms with van der Waals surface area (Å²) in [5, 5.41) is 0. The summed E-state index contributed by atoms with van der Waals surface area (Å²) in [5.41, 5.74) is 3.03. The molecule has 144 valence electrons. The topological polar surface area (TPSA) is 75.6 Å². The summed E-state index contributed by atoms with van der Waals surface area (Å²) < 4.78 is 5.79. The number of benzene rings is 1. The predicted molar refractivity (Wildman–Crippen MR) is 107 cm³/mol. The molecule has 29 heavy (non-hydrogen) atoms. The smallest absolute Gasteiger partial charge is 0.267 e. The number of likely N-dealkylation sites (N-methyl/N-ethyl adjacent to an activating group) is 1. The summed E-state index contributed by atoms with van der Waals surface area (Å²) in [7, 11) is 1.69. The first-order chi connectivity index (χ1) is 14.1. The van der Waals surface area contributed by atoms with E-state index in [-0.39, 0.29) is 17.9 Å². The van der Waals surface area contributed by atoms with Gasteiger partial charge in [-0.15, -0.1) is 0 Å². The van der Waals surface area contributed by atoms with Crippen LogP contribution in [0.5, 0.6) is 5.75 Å². The molecule has 0 fully saturated rings. The van der Waals surface area contributed by atoms with E-state index in [0.717, 1.165) is 11.1 Å². The van der Waals surface area contributed by atoms with Gasteiger partial charge in [0.25, 0.3) is 11.8 Å². The van der Waals surface area contributed by atoms with Crippen molar-refractivity contribution < 1.29 is 14.3 Å². The van der Waals surface area contributed by atoms with Gasteiger partial charge in [-0.05, 0) is 30.2 Å². The lowest BCUT2D eigenvalue weighted by molar-refractivity contribution is -0.125. The number of rotatable bonds is 2. The SMILES string of the molecule is C[C@H]1Oc2cc(N3C(=O)c4ccccc4C3c3cccnc3)ncc2N(C)C1=O. The van der Waals surface area contributed by atoms with Crippen molar-refractivity contribution in [3.63, 3.8) is 0 Å². The Labute approximate surface area is 167 Å². The second-order valence-electron chi connectivity index (χ2n) is 7.12. The molecule has 2 aliphatic rings. The van der Waals surface area contributed by atoms with E-state index in [2.05, 4.69) is 9.97 Å². The van der Waals surface area contributed by atoms with E-state index in [4.69, 9.17) is 4.74 Å². The number of hydrogen-bond donors (Lipinski definition) is 0. The molecular formula is C22H18N4O3. The summed E-state index contributed by atoms with van der Waals surface area (Å²) in [6, 6.07) is 12.7. The van der Waals surface area contributed by atoms with Crippen molar-refractivity contribution in [3.8, 4) is 5.75 Å². The first-order valence-electron chi connectivity index (χ1n) is 9.33. The first kappa shape index (κ1) is 17.4. The highest BCUT2D eigenvalue weighted by Crippen LogP contribution is 2.43. The second-order valence-corrected chi connectivity index (χ2v) is 7.12. The molecule has 7 heteroatoms. The Bertz CT molecular complexity index is 1130. The maximum absolute atomic E-state index is 13.3. The third-order valence-corrected chi connectivity index (χ3v) is 5.38. The van der Waals surface area contributed by atoms with Crippen LogP contribution in [-0.2, 0) is 4.79 Å². The van der Waals surface area contributed by atoms with Crippen molar-refractivity contribution in [2.75, 3.05) is 16.8 Å². The van der Waals surface area contributed by atoms with Crippen LogP contribution in [0.4, 0.5) is 11.5 Å². The van der Waals surface area contributed by atoms with E-state index >= 15 is 0 Å². The summed E-state index contributed by atoms with van der Waals surface area (Å²) in [6.07, 6.45) is 4.44. The molecule has 4 heterocycles. The van der Waals surface area contributed by atoms with Gasteiger partial charge >= 0.3 is 0 Å². The predicted octanol–water partition coefficient (Wildman–Crippen LogP) is 2.97. The van der Waals surface area contributed by atoms with Crippen LogP contribution in [0.15, 0.2) is 61.1 Å². The zero-order chi connectivity index (χ0) is 20.1. The number of aromatic nitrogens is 2. The molecule has 3 aromatic rings. The van der Waals surface area contributed by atoms with Crippen LogP contribution in [-0.4, -0.2) is 34.9 Å². The molecule has 2 aromatic heterocycles. The van der Waals surface area contributed by atoms with Crippen molar-refractivity contribution in [2.45, 2.75) is 19.1 Å². The van der Waals surface area contributed by atoms with Crippen LogP contribution < -0.4 is 14.5 Å². The summed E-state index contributed by atoms with van der Waals surface area (Å²) in [6.45, 7) is 1.71. The lowest BCUT2D eigenvalue weighted by Gasteiger charge is -2.31. The monoisotopic (exact) mass is 386 g/mol. The fourth-order valence-corrected chi connectivity index (χ4v) is 3.95. The Morgan fingerprint density at radius 3 is 2.69 bits per heavy atom. The lowest BCUT2D eigenvalue weighted by Crippen LogP contribution is -2.42. The van der Waals surface area contributed by atoms with Crippen LogP contribution in [0.25, 0.3) is 0 Å². The van der Waals surface area contributed by atoms with E-state index < -0.39 is 6.10 Å². The molecule has 1 aromatic carbocycles. The molecule has 0 saturated carbocycles. The minimum Gasteiger partial charge on any atom is -0.478 e. The van der Waals surface area contributed by atoms with Crippen LogP contribution in [0.2, 0.25) is 0 Å². The average Bonchev–Trinajstić information content (AvgIpc) is 3.05. The number of carbonyl (C=O) groups is 2. The normalized spacial score (nSPS) is 20.3. The van der Waals surface area contributed by atoms with E-state index in [1.165, 1.54) is 4.90 Å². The molecule has 2 amide bonds. The minimum atomic E-state index is -0.594. The summed E-state index contributed by atoms with van der Waals surface area (Å²) in [5.74, 6) is 0.729. The maximum Gasteiger partial charge on any atom is 0.267 e. The van der Waals surface area contributed by atoms with Crippen LogP contribution in [0.1, 0.15) is 34.5 Å². The van der Waals surface area contributed by atoms with Crippen molar-refractivity contribution in [3.05, 3.63) is 77.7 Å². The van der Waals surface area contributed by atoms with Crippen molar-refractivity contribution >= 4 is 23.3 Å². The van der Waals surface area contributed by atoms with Gasteiger partial charge in [0.2, 0.25) is 0 Å². The van der Waals surface area contributed by atoms with E-state index in [1.807, 2.05) is 36.4 Å². The number of amides is 2. The van der Waals surface area contributed by atoms with E-state index in [0.29, 0.717) is 22.8 Å². The van der Waals surface area contributed by atoms with Crippen molar-refractivity contribution in [2.24, 2.45) is 0 Å². The van der Waals surface area contributed by atoms with Crippen molar-refractivity contribution in [1.29, 1.82) is 0 Å². The van der Waals surface area contributed by atoms with Crippen LogP contribution in [0.3, 0.4) is 0 Å². The van der Waals surface area contributed by atoms with Gasteiger partial charge < -0.3 is 9.64 Å². The van der Waals surface area contributed by atoms with Gasteiger partial charge in [-0.3, -0.25) is 19.5 Å². The molecule has 0 saturated heterocycles. The third-order valence-electron chi connectivity index (χ3n) is 5.38. The van der Waals surface area contributed by atoms with Gasteiger partial charge in [-0.2, -0.15) is 0 Å². The second kappa shape index (κ2) is 6.41. The molecule has 0 N–H and O–H groups in total. The Morgan fingerprint density at radius 2 is 1.90 bits per heavy atom. The van der Waals surface area contributed by atoms with Gasteiger partial charge in [0, 0.05) is 31.1 Å². The Kier molecular flexibility index (Phi) is 3.84. The Balaban J connectivity index is 1.64. The van der Waals surface area contributed by atoms with Gasteiger partial charge in [0.05, 0.1) is 12.2 Å². The lowest BCUT2D eigenvalue weighted by atomic mass is 9.99. The molecule has 0 bridgehead atoms. The zero-order valence-corrected chi connectivity index (χ0v) is 15.9. The van der Waals surface area contributed by atoms with Gasteiger partial charge in [0.1, 0.15) is 17.3 Å². The number of carbonyl (C=O) groups excluding carboxylic acids is 2. The maximum atomic E-state index is 13.3. The minimum absolute atomic E-state index is 0.129. The first-order valence-corrected chi connectivity index (χ1v) is 9.33. The number of fused-ring (bicyclic) bond motifs is 2. The molecule has 0 aliphatic carbocycles. The largest absolute Gasteiger partial charge is 0.478 e. The molecule has 5 rings (SSSR count). The number of hydrogen-bond acceptors (Lipinski definition) is 5. The van der Waals surface area contributed by atoms with Gasteiger partial charge in [-0.25, -0.2) is 4.98 Å². The Morgan fingerprint density at radius 1 is 1.07 bits per heavy atom. The number of anilines is 2. The Hall–Kier alpha value is -3.74. The van der Waals surface area contributed by atoms with Gasteiger partial charge in [0.15, 0.2) is 6.10 Å². The van der Waals surface area contributed by atoms with Gasteiger partial charge in [-0.1, -0.05) is 24.3 Å².